The second-order valence-corrected chi connectivity index (χ2v) is 8.55. The molecule has 0 radical (unpaired) electrons. The molecule has 2 aromatic carbocycles. The second-order valence-electron chi connectivity index (χ2n) is 8.11. The molecule has 12 nitrogen and oxygen atoms in total. The molecule has 4 rings (SSSR count). The molecule has 0 spiro atoms. The number of imide groups is 1. The van der Waals surface area contributed by atoms with Gasteiger partial charge in [-0.3, -0.25) is 19.8 Å². The molecule has 1 aliphatic rings. The standard InChI is InChI=1S/C26H22ClN3O9/c1-3-37-22-12-16(11-20(30(34)35)23(22)38-14-15-4-6-17(27)7-5-15)10-19-24(31)29(26(33)28-19)13-18-8-9-21(39-18)25(32)36-2/h4-12H,3,13-14H2,1-2H3,(H,28,33)/b19-10-. The van der Waals surface area contributed by atoms with Gasteiger partial charge in [0.05, 0.1) is 25.2 Å². The molecule has 1 N–H and O–H groups in total. The molecule has 1 aliphatic heterocycles. The number of carbonyl (C=O) groups excluding carboxylic acids is 3. The summed E-state index contributed by atoms with van der Waals surface area (Å²) in [5.41, 5.74) is 0.449. The number of urea groups is 1. The number of esters is 1. The predicted octanol–water partition coefficient (Wildman–Crippen LogP) is 4.70. The number of benzene rings is 2. The molecule has 39 heavy (non-hydrogen) atoms. The van der Waals surface area contributed by atoms with E-state index in [0.29, 0.717) is 5.02 Å². The van der Waals surface area contributed by atoms with Crippen molar-refractivity contribution in [3.05, 3.63) is 92.0 Å². The molecular weight excluding hydrogens is 534 g/mol. The fourth-order valence-electron chi connectivity index (χ4n) is 3.68. The highest BCUT2D eigenvalue weighted by molar-refractivity contribution is 6.30. The molecular formula is C26H22ClN3O9. The first-order valence-corrected chi connectivity index (χ1v) is 11.9. The van der Waals surface area contributed by atoms with E-state index in [9.17, 15) is 24.5 Å². The van der Waals surface area contributed by atoms with Crippen molar-refractivity contribution in [2.45, 2.75) is 20.1 Å². The van der Waals surface area contributed by atoms with Crippen LogP contribution in [-0.4, -0.2) is 41.4 Å². The summed E-state index contributed by atoms with van der Waals surface area (Å²) in [6, 6.07) is 11.6. The van der Waals surface area contributed by atoms with E-state index in [2.05, 4.69) is 10.1 Å². The number of hydrogen-bond donors (Lipinski definition) is 1. The molecule has 2 heterocycles. The summed E-state index contributed by atoms with van der Waals surface area (Å²) >= 11 is 5.91. The third-order valence-corrected chi connectivity index (χ3v) is 5.74. The molecule has 1 aromatic heterocycles. The van der Waals surface area contributed by atoms with E-state index >= 15 is 0 Å². The van der Waals surface area contributed by atoms with Crippen LogP contribution in [-0.2, 0) is 22.7 Å². The van der Waals surface area contributed by atoms with Crippen LogP contribution in [0, 0.1) is 10.1 Å². The normalized spacial score (nSPS) is 13.9. The fourth-order valence-corrected chi connectivity index (χ4v) is 3.81. The zero-order chi connectivity index (χ0) is 28.1. The highest BCUT2D eigenvalue weighted by Crippen LogP contribution is 2.40. The molecule has 1 fully saturated rings. The van der Waals surface area contributed by atoms with Gasteiger partial charge < -0.3 is 23.9 Å². The van der Waals surface area contributed by atoms with E-state index < -0.39 is 22.8 Å². The molecule has 0 atom stereocenters. The first-order valence-electron chi connectivity index (χ1n) is 11.5. The lowest BCUT2D eigenvalue weighted by Gasteiger charge is -2.13. The van der Waals surface area contributed by atoms with Gasteiger partial charge in [-0.2, -0.15) is 0 Å². The smallest absolute Gasteiger partial charge is 0.373 e. The Kier molecular flexibility index (Phi) is 8.15. The number of hydrogen-bond acceptors (Lipinski definition) is 9. The van der Waals surface area contributed by atoms with Gasteiger partial charge >= 0.3 is 17.7 Å². The lowest BCUT2D eigenvalue weighted by Crippen LogP contribution is -2.30. The number of ether oxygens (including phenoxy) is 3. The number of nitrogens with zero attached hydrogens (tertiary/aromatic N) is 2. The fraction of sp³-hybridized carbons (Fsp3) is 0.192. The molecule has 1 saturated heterocycles. The van der Waals surface area contributed by atoms with E-state index in [-0.39, 0.29) is 59.7 Å². The Labute approximate surface area is 226 Å². The first-order chi connectivity index (χ1) is 18.7. The van der Waals surface area contributed by atoms with Gasteiger partial charge in [-0.25, -0.2) is 9.59 Å². The number of halogens is 1. The maximum Gasteiger partial charge on any atom is 0.373 e. The van der Waals surface area contributed by atoms with Gasteiger partial charge in [0, 0.05) is 11.1 Å². The number of furan rings is 1. The van der Waals surface area contributed by atoms with Crippen molar-refractivity contribution in [3.63, 3.8) is 0 Å². The SMILES string of the molecule is CCOc1cc(/C=C2\NC(=O)N(Cc3ccc(C(=O)OC)o3)C2=O)cc([N+](=O)[O-])c1OCc1ccc(Cl)cc1. The average Bonchev–Trinajstić information content (AvgIpc) is 3.49. The zero-order valence-electron chi connectivity index (χ0n) is 20.8. The summed E-state index contributed by atoms with van der Waals surface area (Å²) in [6.07, 6.45) is 1.29. The van der Waals surface area contributed by atoms with Crippen molar-refractivity contribution >= 4 is 41.3 Å². The number of amides is 3. The van der Waals surface area contributed by atoms with Crippen molar-refractivity contribution in [1.82, 2.24) is 10.2 Å². The Balaban J connectivity index is 1.59. The third-order valence-electron chi connectivity index (χ3n) is 5.49. The van der Waals surface area contributed by atoms with Crippen molar-refractivity contribution in [2.24, 2.45) is 0 Å². The Bertz CT molecular complexity index is 1460. The van der Waals surface area contributed by atoms with Gasteiger partial charge in [-0.15, -0.1) is 0 Å². The van der Waals surface area contributed by atoms with E-state index in [1.807, 2.05) is 0 Å². The number of methoxy groups -OCH3 is 1. The van der Waals surface area contributed by atoms with E-state index in [1.54, 1.807) is 31.2 Å². The summed E-state index contributed by atoms with van der Waals surface area (Å²) in [4.78, 5) is 49.2. The van der Waals surface area contributed by atoms with Gasteiger partial charge in [0.15, 0.2) is 5.75 Å². The van der Waals surface area contributed by atoms with Crippen LogP contribution >= 0.6 is 11.6 Å². The minimum atomic E-state index is -0.732. The van der Waals surface area contributed by atoms with Crippen molar-refractivity contribution in [3.8, 4) is 11.5 Å². The van der Waals surface area contributed by atoms with Crippen LogP contribution in [0.15, 0.2) is 58.6 Å². The Hall–Kier alpha value is -4.84. The van der Waals surface area contributed by atoms with Crippen LogP contribution in [0.25, 0.3) is 6.08 Å². The summed E-state index contributed by atoms with van der Waals surface area (Å²) in [5, 5.41) is 14.9. The summed E-state index contributed by atoms with van der Waals surface area (Å²) in [6.45, 7) is 1.67. The Morgan fingerprint density at radius 1 is 1.15 bits per heavy atom. The molecule has 3 amide bonds. The van der Waals surface area contributed by atoms with Crippen LogP contribution in [0.5, 0.6) is 11.5 Å². The number of nitro groups is 1. The number of rotatable bonds is 10. The van der Waals surface area contributed by atoms with Crippen LogP contribution in [0.2, 0.25) is 5.02 Å². The molecule has 3 aromatic rings. The number of carbonyl (C=O) groups is 3. The minimum absolute atomic E-state index is 0.0203. The quantitative estimate of drug-likeness (QED) is 0.123. The van der Waals surface area contributed by atoms with Gasteiger partial charge in [0.25, 0.3) is 5.91 Å². The summed E-state index contributed by atoms with van der Waals surface area (Å²) in [5.74, 6) is -1.29. The maximum absolute atomic E-state index is 12.9. The predicted molar refractivity (Wildman–Crippen MR) is 137 cm³/mol. The van der Waals surface area contributed by atoms with Crippen LogP contribution in [0.3, 0.4) is 0 Å². The molecule has 0 aliphatic carbocycles. The monoisotopic (exact) mass is 555 g/mol. The van der Waals surface area contributed by atoms with Gasteiger partial charge in [-0.1, -0.05) is 23.7 Å². The van der Waals surface area contributed by atoms with E-state index in [4.69, 9.17) is 25.5 Å². The van der Waals surface area contributed by atoms with E-state index in [0.717, 1.165) is 10.5 Å². The number of nitro benzene ring substituents is 1. The topological polar surface area (TPSA) is 150 Å². The lowest BCUT2D eigenvalue weighted by atomic mass is 10.1. The second kappa shape index (κ2) is 11.7. The molecule has 0 unspecified atom stereocenters. The van der Waals surface area contributed by atoms with Gasteiger partial charge in [0.1, 0.15) is 18.1 Å². The lowest BCUT2D eigenvalue weighted by molar-refractivity contribution is -0.386. The van der Waals surface area contributed by atoms with Crippen LogP contribution < -0.4 is 14.8 Å². The van der Waals surface area contributed by atoms with Crippen molar-refractivity contribution in [1.29, 1.82) is 0 Å². The third kappa shape index (κ3) is 6.18. The van der Waals surface area contributed by atoms with Gasteiger partial charge in [-0.05, 0) is 54.5 Å². The summed E-state index contributed by atoms with van der Waals surface area (Å²) < 4.78 is 21.3. The van der Waals surface area contributed by atoms with E-state index in [1.165, 1.54) is 37.5 Å². The van der Waals surface area contributed by atoms with Crippen molar-refractivity contribution in [2.75, 3.05) is 13.7 Å². The van der Waals surface area contributed by atoms with Gasteiger partial charge in [0.2, 0.25) is 11.5 Å². The number of nitrogens with one attached hydrogen (secondary N) is 1. The molecule has 13 heteroatoms. The highest BCUT2D eigenvalue weighted by atomic mass is 35.5. The molecule has 0 saturated carbocycles. The van der Waals surface area contributed by atoms with Crippen molar-refractivity contribution < 1.29 is 37.9 Å². The zero-order valence-corrected chi connectivity index (χ0v) is 21.5. The average molecular weight is 556 g/mol. The van der Waals surface area contributed by atoms with Crippen LogP contribution in [0.1, 0.15) is 34.4 Å². The molecule has 0 bridgehead atoms. The Morgan fingerprint density at radius 3 is 2.56 bits per heavy atom. The minimum Gasteiger partial charge on any atom is -0.490 e. The largest absolute Gasteiger partial charge is 0.490 e. The Morgan fingerprint density at radius 2 is 1.90 bits per heavy atom. The first kappa shape index (κ1) is 27.2. The maximum atomic E-state index is 12.9. The summed E-state index contributed by atoms with van der Waals surface area (Å²) in [7, 11) is 1.19. The molecule has 202 valence electrons. The van der Waals surface area contributed by atoms with Crippen LogP contribution in [0.4, 0.5) is 10.5 Å². The highest BCUT2D eigenvalue weighted by Gasteiger charge is 2.35.